The summed E-state index contributed by atoms with van der Waals surface area (Å²) in [5.41, 5.74) is 3.89. The number of fused-ring (bicyclic) bond motifs is 1. The van der Waals surface area contributed by atoms with Gasteiger partial charge in [-0.15, -0.1) is 0 Å². The molecule has 0 aliphatic carbocycles. The van der Waals surface area contributed by atoms with Gasteiger partial charge in [-0.05, 0) is 49.2 Å². The van der Waals surface area contributed by atoms with Crippen molar-refractivity contribution in [3.63, 3.8) is 0 Å². The van der Waals surface area contributed by atoms with Gasteiger partial charge in [0.15, 0.2) is 6.61 Å². The standard InChI is InChI=1S/C21H24N2O3/c1-14(2)21(25)23-11-10-16-12-17(6-9-19(16)23)22-20(24)13-26-18-7-4-15(3)5-8-18/h4-9,12,14H,10-11,13H2,1-3H3,(H,22,24). The number of nitrogens with zero attached hydrogens (tertiary/aromatic N) is 1. The number of amides is 2. The molecule has 0 fully saturated rings. The molecule has 1 aliphatic rings. The molecule has 0 unspecified atom stereocenters. The van der Waals surface area contributed by atoms with Crippen molar-refractivity contribution >= 4 is 23.2 Å². The predicted octanol–water partition coefficient (Wildman–Crippen LogP) is 3.56. The number of rotatable bonds is 5. The van der Waals surface area contributed by atoms with Gasteiger partial charge in [0.2, 0.25) is 5.91 Å². The average Bonchev–Trinajstić information content (AvgIpc) is 3.03. The lowest BCUT2D eigenvalue weighted by Crippen LogP contribution is -2.32. The van der Waals surface area contributed by atoms with Gasteiger partial charge in [-0.1, -0.05) is 31.5 Å². The molecule has 1 N–H and O–H groups in total. The molecule has 5 nitrogen and oxygen atoms in total. The fourth-order valence-electron chi connectivity index (χ4n) is 3.00. The van der Waals surface area contributed by atoms with Crippen molar-refractivity contribution in [2.24, 2.45) is 5.92 Å². The van der Waals surface area contributed by atoms with E-state index in [1.54, 1.807) is 0 Å². The minimum Gasteiger partial charge on any atom is -0.484 e. The van der Waals surface area contributed by atoms with E-state index in [9.17, 15) is 9.59 Å². The van der Waals surface area contributed by atoms with Gasteiger partial charge >= 0.3 is 0 Å². The highest BCUT2D eigenvalue weighted by Crippen LogP contribution is 2.31. The molecule has 2 aromatic rings. The molecule has 26 heavy (non-hydrogen) atoms. The lowest BCUT2D eigenvalue weighted by molar-refractivity contribution is -0.121. The largest absolute Gasteiger partial charge is 0.484 e. The Hall–Kier alpha value is -2.82. The van der Waals surface area contributed by atoms with Crippen molar-refractivity contribution in [1.82, 2.24) is 0 Å². The quantitative estimate of drug-likeness (QED) is 0.895. The third-order valence-corrected chi connectivity index (χ3v) is 4.41. The number of nitrogens with one attached hydrogen (secondary N) is 1. The molecule has 2 aromatic carbocycles. The highest BCUT2D eigenvalue weighted by Gasteiger charge is 2.26. The van der Waals surface area contributed by atoms with Crippen LogP contribution in [0.2, 0.25) is 0 Å². The molecule has 136 valence electrons. The molecule has 0 saturated heterocycles. The van der Waals surface area contributed by atoms with Crippen LogP contribution in [-0.4, -0.2) is 25.0 Å². The summed E-state index contributed by atoms with van der Waals surface area (Å²) in [5, 5.41) is 2.85. The molecule has 2 amide bonds. The fourth-order valence-corrected chi connectivity index (χ4v) is 3.00. The van der Waals surface area contributed by atoms with Gasteiger partial charge in [-0.2, -0.15) is 0 Å². The molecule has 0 bridgehead atoms. The number of carbonyl (C=O) groups excluding carboxylic acids is 2. The Morgan fingerprint density at radius 3 is 2.58 bits per heavy atom. The Bertz CT molecular complexity index is 813. The lowest BCUT2D eigenvalue weighted by atomic mass is 10.1. The third-order valence-electron chi connectivity index (χ3n) is 4.41. The van der Waals surface area contributed by atoms with Crippen molar-refractivity contribution in [1.29, 1.82) is 0 Å². The summed E-state index contributed by atoms with van der Waals surface area (Å²) in [7, 11) is 0. The van der Waals surface area contributed by atoms with Gasteiger partial charge in [-0.3, -0.25) is 9.59 Å². The third kappa shape index (κ3) is 4.04. The minimum absolute atomic E-state index is 0.0285. The van der Waals surface area contributed by atoms with E-state index in [0.717, 1.165) is 28.9 Å². The maximum Gasteiger partial charge on any atom is 0.262 e. The van der Waals surface area contributed by atoms with Crippen LogP contribution >= 0.6 is 0 Å². The highest BCUT2D eigenvalue weighted by atomic mass is 16.5. The molecule has 3 rings (SSSR count). The van der Waals surface area contributed by atoms with Gasteiger partial charge < -0.3 is 15.0 Å². The summed E-state index contributed by atoms with van der Waals surface area (Å²) >= 11 is 0. The Morgan fingerprint density at radius 2 is 1.88 bits per heavy atom. The molecule has 0 spiro atoms. The first-order valence-electron chi connectivity index (χ1n) is 8.87. The number of hydrogen-bond acceptors (Lipinski definition) is 3. The van der Waals surface area contributed by atoms with Crippen molar-refractivity contribution < 1.29 is 14.3 Å². The summed E-state index contributed by atoms with van der Waals surface area (Å²) < 4.78 is 5.50. The van der Waals surface area contributed by atoms with E-state index >= 15 is 0 Å². The van der Waals surface area contributed by atoms with Crippen LogP contribution in [0.4, 0.5) is 11.4 Å². The predicted molar refractivity (Wildman–Crippen MR) is 103 cm³/mol. The maximum absolute atomic E-state index is 12.3. The number of anilines is 2. The van der Waals surface area contributed by atoms with Gasteiger partial charge in [0, 0.05) is 23.8 Å². The second kappa shape index (κ2) is 7.60. The van der Waals surface area contributed by atoms with E-state index in [2.05, 4.69) is 5.32 Å². The van der Waals surface area contributed by atoms with Gasteiger partial charge in [0.1, 0.15) is 5.75 Å². The smallest absolute Gasteiger partial charge is 0.262 e. The molecular formula is C21H24N2O3. The summed E-state index contributed by atoms with van der Waals surface area (Å²) in [6.07, 6.45) is 0.803. The Morgan fingerprint density at radius 1 is 1.15 bits per heavy atom. The van der Waals surface area contributed by atoms with E-state index < -0.39 is 0 Å². The summed E-state index contributed by atoms with van der Waals surface area (Å²) in [6, 6.07) is 13.2. The fraction of sp³-hybridized carbons (Fsp3) is 0.333. The molecule has 5 heteroatoms. The van der Waals surface area contributed by atoms with E-state index in [-0.39, 0.29) is 24.3 Å². The Balaban J connectivity index is 1.60. The van der Waals surface area contributed by atoms with Crippen LogP contribution in [0.15, 0.2) is 42.5 Å². The second-order valence-electron chi connectivity index (χ2n) is 6.89. The first-order valence-corrected chi connectivity index (χ1v) is 8.87. The number of ether oxygens (including phenoxy) is 1. The molecule has 0 atom stereocenters. The van der Waals surface area contributed by atoms with E-state index in [1.807, 2.05) is 68.1 Å². The van der Waals surface area contributed by atoms with Crippen LogP contribution in [0.25, 0.3) is 0 Å². The summed E-state index contributed by atoms with van der Waals surface area (Å²) in [6.45, 7) is 6.46. The lowest BCUT2D eigenvalue weighted by Gasteiger charge is -2.19. The molecule has 0 saturated carbocycles. The first kappa shape index (κ1) is 18.0. The minimum atomic E-state index is -0.210. The van der Waals surface area contributed by atoms with Gasteiger partial charge in [-0.25, -0.2) is 0 Å². The van der Waals surface area contributed by atoms with Crippen molar-refractivity contribution in [2.75, 3.05) is 23.4 Å². The maximum atomic E-state index is 12.3. The Labute approximate surface area is 154 Å². The van der Waals surface area contributed by atoms with Crippen molar-refractivity contribution in [3.8, 4) is 5.75 Å². The van der Waals surface area contributed by atoms with Gasteiger partial charge in [0.05, 0.1) is 0 Å². The molecule has 1 aliphatic heterocycles. The molecular weight excluding hydrogens is 328 g/mol. The van der Waals surface area contributed by atoms with E-state index in [1.165, 1.54) is 0 Å². The van der Waals surface area contributed by atoms with E-state index in [0.29, 0.717) is 12.3 Å². The molecule has 1 heterocycles. The molecule has 0 aromatic heterocycles. The average molecular weight is 352 g/mol. The normalized spacial score (nSPS) is 12.8. The second-order valence-corrected chi connectivity index (χ2v) is 6.89. The highest BCUT2D eigenvalue weighted by molar-refractivity contribution is 5.97. The van der Waals surface area contributed by atoms with Crippen LogP contribution in [0.5, 0.6) is 5.75 Å². The number of carbonyl (C=O) groups is 2. The topological polar surface area (TPSA) is 58.6 Å². The number of aryl methyl sites for hydroxylation is 1. The van der Waals surface area contributed by atoms with Crippen molar-refractivity contribution in [2.45, 2.75) is 27.2 Å². The van der Waals surface area contributed by atoms with Crippen LogP contribution in [-0.2, 0) is 16.0 Å². The Kier molecular flexibility index (Phi) is 5.26. The summed E-state index contributed by atoms with van der Waals surface area (Å²) in [5.74, 6) is 0.562. The zero-order chi connectivity index (χ0) is 18.7. The van der Waals surface area contributed by atoms with Crippen LogP contribution in [0, 0.1) is 12.8 Å². The first-order chi connectivity index (χ1) is 12.4. The summed E-state index contributed by atoms with van der Waals surface area (Å²) in [4.78, 5) is 26.2. The number of hydrogen-bond donors (Lipinski definition) is 1. The van der Waals surface area contributed by atoms with Crippen LogP contribution in [0.1, 0.15) is 25.0 Å². The van der Waals surface area contributed by atoms with E-state index in [4.69, 9.17) is 4.74 Å². The van der Waals surface area contributed by atoms with Crippen molar-refractivity contribution in [3.05, 3.63) is 53.6 Å². The SMILES string of the molecule is Cc1ccc(OCC(=O)Nc2ccc3c(c2)CCN3C(=O)C(C)C)cc1. The monoisotopic (exact) mass is 352 g/mol. The zero-order valence-electron chi connectivity index (χ0n) is 15.4. The number of benzene rings is 2. The van der Waals surface area contributed by atoms with Crippen LogP contribution in [0.3, 0.4) is 0 Å². The zero-order valence-corrected chi connectivity index (χ0v) is 15.4. The molecule has 0 radical (unpaired) electrons. The van der Waals surface area contributed by atoms with Crippen LogP contribution < -0.4 is 15.0 Å². The van der Waals surface area contributed by atoms with Gasteiger partial charge in [0.25, 0.3) is 5.91 Å².